The predicted molar refractivity (Wildman–Crippen MR) is 200 cm³/mol. The molecule has 3 N–H and O–H groups in total. The molecule has 7 nitrogen and oxygen atoms in total. The smallest absolute Gasteiger partial charge is 0.335 e. The number of piperazine rings is 1. The summed E-state index contributed by atoms with van der Waals surface area (Å²) < 4.78 is 0. The minimum atomic E-state index is -0.871. The van der Waals surface area contributed by atoms with E-state index in [0.717, 1.165) is 45.4 Å². The van der Waals surface area contributed by atoms with E-state index in [1.807, 2.05) is 17.0 Å². The van der Waals surface area contributed by atoms with Crippen molar-refractivity contribution in [3.8, 4) is 0 Å². The number of nitrogens with one attached hydrogen (secondary N) is 1. The fourth-order valence-electron chi connectivity index (χ4n) is 14.1. The van der Waals surface area contributed by atoms with E-state index in [1.165, 1.54) is 49.7 Å². The Bertz CT molecular complexity index is 1500. The van der Waals surface area contributed by atoms with Crippen LogP contribution in [-0.2, 0) is 0 Å². The van der Waals surface area contributed by atoms with Gasteiger partial charge in [0.05, 0.1) is 12.2 Å². The van der Waals surface area contributed by atoms with Gasteiger partial charge in [-0.2, -0.15) is 0 Å². The quantitative estimate of drug-likeness (QED) is 0.281. The molecule has 0 unspecified atom stereocenters. The van der Waals surface area contributed by atoms with Gasteiger partial charge in [0, 0.05) is 38.3 Å². The van der Waals surface area contributed by atoms with Crippen LogP contribution in [0.25, 0.3) is 5.57 Å². The maximum Gasteiger partial charge on any atom is 0.335 e. The van der Waals surface area contributed by atoms with Crippen LogP contribution in [-0.4, -0.2) is 76.9 Å². The number of aliphatic hydroxyl groups is 1. The number of amides is 2. The summed E-state index contributed by atoms with van der Waals surface area (Å²) in [7, 11) is 0. The Labute approximate surface area is 301 Å². The molecular weight excluding hydrogens is 622 g/mol. The van der Waals surface area contributed by atoms with E-state index < -0.39 is 5.97 Å². The summed E-state index contributed by atoms with van der Waals surface area (Å²) in [6.07, 6.45) is 13.2. The molecule has 2 amide bonds. The molecule has 1 aromatic rings. The van der Waals surface area contributed by atoms with E-state index in [1.54, 1.807) is 12.1 Å². The molecule has 1 heterocycles. The first-order valence-corrected chi connectivity index (χ1v) is 20.1. The van der Waals surface area contributed by atoms with Crippen LogP contribution in [0.1, 0.15) is 122 Å². The number of carboxylic acid groups (broad SMARTS) is 1. The van der Waals surface area contributed by atoms with Gasteiger partial charge in [-0.3, -0.25) is 4.90 Å². The molecule has 0 aromatic heterocycles. The van der Waals surface area contributed by atoms with Gasteiger partial charge in [-0.25, -0.2) is 9.59 Å². The number of hydrogen-bond donors (Lipinski definition) is 3. The van der Waals surface area contributed by atoms with Gasteiger partial charge in [-0.05, 0) is 138 Å². The minimum Gasteiger partial charge on any atom is -0.478 e. The Morgan fingerprint density at radius 3 is 2.20 bits per heavy atom. The fourth-order valence-corrected chi connectivity index (χ4v) is 14.1. The topological polar surface area (TPSA) is 93.1 Å². The number of carboxylic acids is 1. The average Bonchev–Trinajstić information content (AvgIpc) is 3.45. The third-order valence-electron chi connectivity index (χ3n) is 16.8. The molecule has 0 bridgehead atoms. The number of allylic oxidation sites excluding steroid dienone is 2. The lowest BCUT2D eigenvalue weighted by Crippen LogP contribution is -2.69. The lowest BCUT2D eigenvalue weighted by molar-refractivity contribution is -0.220. The van der Waals surface area contributed by atoms with E-state index in [-0.39, 0.29) is 39.8 Å². The maximum atomic E-state index is 14.0. The van der Waals surface area contributed by atoms with Crippen molar-refractivity contribution < 1.29 is 19.8 Å². The summed E-state index contributed by atoms with van der Waals surface area (Å²) in [6, 6.07) is 7.72. The summed E-state index contributed by atoms with van der Waals surface area (Å²) in [5.41, 5.74) is 3.49. The van der Waals surface area contributed by atoms with E-state index in [2.05, 4.69) is 64.8 Å². The molecule has 276 valence electrons. The van der Waals surface area contributed by atoms with Gasteiger partial charge in [-0.15, -0.1) is 0 Å². The molecular formula is C43H65N3O4. The highest BCUT2D eigenvalue weighted by Gasteiger charge is 2.70. The highest BCUT2D eigenvalue weighted by atomic mass is 16.4. The number of β-amino-alcohol motifs (C(OH)–C–C–N with tert-alkyl or cyclic N) is 1. The van der Waals surface area contributed by atoms with Crippen LogP contribution in [0.3, 0.4) is 0 Å². The van der Waals surface area contributed by atoms with Crippen LogP contribution in [0.5, 0.6) is 0 Å². The lowest BCUT2D eigenvalue weighted by atomic mass is 9.33. The third-order valence-corrected chi connectivity index (χ3v) is 16.8. The van der Waals surface area contributed by atoms with Crippen molar-refractivity contribution in [1.82, 2.24) is 15.1 Å². The van der Waals surface area contributed by atoms with Crippen molar-refractivity contribution in [2.75, 3.05) is 39.3 Å². The molecule has 7 rings (SSSR count). The number of urea groups is 1. The summed E-state index contributed by atoms with van der Waals surface area (Å²) in [4.78, 5) is 29.9. The standard InChI is InChI=1S/C43H65N3O4/c1-28(2)31-14-19-43(44-38(50)46-24-22-45(23-25-46)26-27-47)21-20-41(6)33(36(31)43)12-13-35-40(5)17-15-32(29-8-10-30(11-9-29)37(48)49)39(3,4)34(40)16-18-42(35,41)7/h8-11,15,28,31,33-36,47H,12-14,16-27H2,1-7H3,(H,44,50)(H,48,49)/t31-,33+,34-,35+,36+,40-,41+,42+,43-/m0/s1. The zero-order valence-electron chi connectivity index (χ0n) is 32.1. The average molecular weight is 688 g/mol. The Morgan fingerprint density at radius 2 is 1.56 bits per heavy atom. The summed E-state index contributed by atoms with van der Waals surface area (Å²) in [5.74, 6) is 2.73. The number of benzene rings is 1. The van der Waals surface area contributed by atoms with E-state index in [9.17, 15) is 19.8 Å². The van der Waals surface area contributed by atoms with Gasteiger partial charge in [-0.1, -0.05) is 66.7 Å². The first-order valence-electron chi connectivity index (χ1n) is 20.1. The molecule has 50 heavy (non-hydrogen) atoms. The monoisotopic (exact) mass is 687 g/mol. The molecule has 0 radical (unpaired) electrons. The number of rotatable bonds is 6. The molecule has 1 aromatic carbocycles. The second-order valence-electron chi connectivity index (χ2n) is 19.2. The second kappa shape index (κ2) is 12.6. The van der Waals surface area contributed by atoms with Crippen molar-refractivity contribution in [3.63, 3.8) is 0 Å². The SMILES string of the molecule is CC(C)[C@@H]1CC[C@]2(NC(=O)N3CCN(CCO)CC3)CC[C@]3(C)[C@H](CC[C@@H]4[C@@]5(C)CC=C(c6ccc(C(=O)O)cc6)C(C)(C)[C@@H]5CC[C@]43C)[C@@H]12. The lowest BCUT2D eigenvalue weighted by Gasteiger charge is -2.72. The van der Waals surface area contributed by atoms with Crippen molar-refractivity contribution in [3.05, 3.63) is 41.5 Å². The molecule has 5 aliphatic carbocycles. The van der Waals surface area contributed by atoms with Crippen molar-refractivity contribution >= 4 is 17.6 Å². The molecule has 5 fully saturated rings. The molecule has 4 saturated carbocycles. The molecule has 0 spiro atoms. The molecule has 7 heteroatoms. The van der Waals surface area contributed by atoms with Gasteiger partial charge in [0.2, 0.25) is 0 Å². The number of hydrogen-bond acceptors (Lipinski definition) is 4. The molecule has 1 aliphatic heterocycles. The number of fused-ring (bicyclic) bond motifs is 7. The van der Waals surface area contributed by atoms with E-state index in [4.69, 9.17) is 0 Å². The summed E-state index contributed by atoms with van der Waals surface area (Å²) >= 11 is 0. The second-order valence-corrected chi connectivity index (χ2v) is 19.2. The van der Waals surface area contributed by atoms with Crippen LogP contribution >= 0.6 is 0 Å². The number of aliphatic hydroxyl groups excluding tert-OH is 1. The Morgan fingerprint density at radius 1 is 0.860 bits per heavy atom. The number of nitrogens with zero attached hydrogens (tertiary/aromatic N) is 2. The van der Waals surface area contributed by atoms with Crippen LogP contribution in [0.4, 0.5) is 4.79 Å². The fraction of sp³-hybridized carbons (Fsp3) is 0.767. The zero-order chi connectivity index (χ0) is 35.9. The van der Waals surface area contributed by atoms with Crippen LogP contribution in [0.15, 0.2) is 30.3 Å². The van der Waals surface area contributed by atoms with Crippen molar-refractivity contribution in [1.29, 1.82) is 0 Å². The Balaban J connectivity index is 1.16. The number of carbonyl (C=O) groups excluding carboxylic acids is 1. The first-order chi connectivity index (χ1) is 23.6. The Kier molecular flexibility index (Phi) is 9.10. The highest BCUT2D eigenvalue weighted by molar-refractivity contribution is 5.88. The molecule has 6 aliphatic rings. The highest BCUT2D eigenvalue weighted by Crippen LogP contribution is 2.76. The largest absolute Gasteiger partial charge is 0.478 e. The summed E-state index contributed by atoms with van der Waals surface area (Å²) in [5, 5.41) is 22.7. The van der Waals surface area contributed by atoms with Crippen LogP contribution in [0.2, 0.25) is 0 Å². The Hall–Kier alpha value is -2.38. The number of aromatic carboxylic acids is 1. The van der Waals surface area contributed by atoms with Gasteiger partial charge >= 0.3 is 12.0 Å². The van der Waals surface area contributed by atoms with Crippen LogP contribution < -0.4 is 5.32 Å². The van der Waals surface area contributed by atoms with Gasteiger partial charge < -0.3 is 20.4 Å². The maximum absolute atomic E-state index is 14.0. The normalized spacial score (nSPS) is 41.0. The summed E-state index contributed by atoms with van der Waals surface area (Å²) in [6.45, 7) is 21.8. The van der Waals surface area contributed by atoms with Crippen LogP contribution in [0, 0.1) is 57.2 Å². The zero-order valence-corrected chi connectivity index (χ0v) is 32.1. The van der Waals surface area contributed by atoms with E-state index in [0.29, 0.717) is 47.6 Å². The molecule has 9 atom stereocenters. The van der Waals surface area contributed by atoms with Crippen molar-refractivity contribution in [2.45, 2.75) is 112 Å². The minimum absolute atomic E-state index is 0.000588. The predicted octanol–water partition coefficient (Wildman–Crippen LogP) is 8.19. The van der Waals surface area contributed by atoms with Gasteiger partial charge in [0.1, 0.15) is 0 Å². The van der Waals surface area contributed by atoms with Gasteiger partial charge in [0.25, 0.3) is 0 Å². The van der Waals surface area contributed by atoms with Crippen molar-refractivity contribution in [2.24, 2.45) is 57.2 Å². The molecule has 1 saturated heterocycles. The first kappa shape index (κ1) is 36.0. The third kappa shape index (κ3) is 5.32. The van der Waals surface area contributed by atoms with E-state index >= 15 is 0 Å². The van der Waals surface area contributed by atoms with Gasteiger partial charge in [0.15, 0.2) is 0 Å². The number of carbonyl (C=O) groups is 2.